The number of fused-ring (bicyclic) bond motifs is 1. The number of likely N-dealkylation sites (tertiary alicyclic amines) is 1. The van der Waals surface area contributed by atoms with E-state index >= 15 is 0 Å². The Morgan fingerprint density at radius 3 is 2.47 bits per heavy atom. The number of aromatic nitrogens is 2. The molecular weight excluding hydrogens is 432 g/mol. The molecule has 0 aliphatic carbocycles. The average Bonchev–Trinajstić information content (AvgIpc) is 3.34. The lowest BCUT2D eigenvalue weighted by atomic mass is 10.0. The van der Waals surface area contributed by atoms with E-state index in [-0.39, 0.29) is 56.4 Å². The summed E-state index contributed by atoms with van der Waals surface area (Å²) in [7, 11) is 0. The van der Waals surface area contributed by atoms with Gasteiger partial charge in [-0.1, -0.05) is 12.1 Å². The number of benzene rings is 1. The molecule has 2 aliphatic heterocycles. The molecule has 0 bridgehead atoms. The van der Waals surface area contributed by atoms with Gasteiger partial charge >= 0.3 is 6.18 Å². The third-order valence-electron chi connectivity index (χ3n) is 6.01. The van der Waals surface area contributed by atoms with Crippen LogP contribution in [0.15, 0.2) is 24.3 Å². The van der Waals surface area contributed by atoms with E-state index < -0.39 is 23.8 Å². The van der Waals surface area contributed by atoms with Gasteiger partial charge in [-0.3, -0.25) is 9.48 Å². The summed E-state index contributed by atoms with van der Waals surface area (Å²) < 4.78 is 55.1. The molecule has 1 aromatic carbocycles. The largest absolute Gasteiger partial charge is 0.530 e. The van der Waals surface area contributed by atoms with Crippen LogP contribution < -0.4 is 5.11 Å². The van der Waals surface area contributed by atoms with Gasteiger partial charge in [-0.15, -0.1) is 0 Å². The molecule has 7 nitrogen and oxygen atoms in total. The molecule has 2 amide bonds. The number of alkyl halides is 3. The minimum absolute atomic E-state index is 0.0178. The number of carboxylic acid groups (broad SMARTS) is 1. The first kappa shape index (κ1) is 22.1. The molecule has 3 heterocycles. The van der Waals surface area contributed by atoms with Gasteiger partial charge in [-0.2, -0.15) is 18.3 Å². The van der Waals surface area contributed by atoms with Gasteiger partial charge in [0.25, 0.3) is 0 Å². The number of amides is 2. The zero-order valence-corrected chi connectivity index (χ0v) is 17.1. The van der Waals surface area contributed by atoms with E-state index in [1.54, 1.807) is 0 Å². The van der Waals surface area contributed by atoms with Gasteiger partial charge in [0.15, 0.2) is 5.69 Å². The van der Waals surface area contributed by atoms with Gasteiger partial charge in [-0.05, 0) is 36.5 Å². The zero-order chi connectivity index (χ0) is 23.0. The maximum Gasteiger partial charge on any atom is 0.435 e. The fraction of sp³-hybridized carbons (Fsp3) is 0.476. The lowest BCUT2D eigenvalue weighted by Gasteiger charge is -2.29. The first-order chi connectivity index (χ1) is 15.1. The number of halogens is 4. The molecule has 2 aromatic rings. The van der Waals surface area contributed by atoms with Crippen molar-refractivity contribution in [3.63, 3.8) is 0 Å². The Bertz CT molecular complexity index is 1020. The summed E-state index contributed by atoms with van der Waals surface area (Å²) in [5.41, 5.74) is 0.0148. The second kappa shape index (κ2) is 8.44. The van der Waals surface area contributed by atoms with E-state index in [9.17, 15) is 32.3 Å². The summed E-state index contributed by atoms with van der Waals surface area (Å²) in [6.45, 7) is 0.658. The normalized spacial score (nSPS) is 18.7. The molecule has 1 unspecified atom stereocenters. The van der Waals surface area contributed by atoms with Gasteiger partial charge < -0.3 is 19.7 Å². The van der Waals surface area contributed by atoms with Crippen molar-refractivity contribution in [1.29, 1.82) is 0 Å². The van der Waals surface area contributed by atoms with Crippen LogP contribution in [0.25, 0.3) is 0 Å². The summed E-state index contributed by atoms with van der Waals surface area (Å²) in [4.78, 5) is 26.4. The van der Waals surface area contributed by atoms with Gasteiger partial charge in [0.2, 0.25) is 5.91 Å². The molecule has 1 saturated heterocycles. The van der Waals surface area contributed by atoms with Crippen LogP contribution in [0.5, 0.6) is 0 Å². The molecular formula is C21H21F4N4O3-. The van der Waals surface area contributed by atoms with Crippen LogP contribution in [-0.2, 0) is 30.5 Å². The van der Waals surface area contributed by atoms with Gasteiger partial charge in [-0.25, -0.2) is 4.39 Å². The third-order valence-corrected chi connectivity index (χ3v) is 6.01. The summed E-state index contributed by atoms with van der Waals surface area (Å²) in [6, 6.07) is 5.41. The highest BCUT2D eigenvalue weighted by atomic mass is 19.4. The standard InChI is InChI=1S/C21H22F4N4O3/c22-15-3-1-13(2-4-15)11-29-17-12-27(8-6-16(17)19(26-29)21(23,24)25)18(30)9-14-5-7-28(10-14)20(31)32/h1-4,14H,5-12H2,(H,31,32)/p-1. The molecule has 4 rings (SSSR count). The first-order valence-electron chi connectivity index (χ1n) is 10.3. The third kappa shape index (κ3) is 4.56. The van der Waals surface area contributed by atoms with E-state index in [4.69, 9.17) is 0 Å². The number of carbonyl (C=O) groups is 2. The van der Waals surface area contributed by atoms with Crippen molar-refractivity contribution in [2.45, 2.75) is 38.5 Å². The van der Waals surface area contributed by atoms with E-state index in [2.05, 4.69) is 5.10 Å². The van der Waals surface area contributed by atoms with Crippen LogP contribution in [-0.4, -0.2) is 51.2 Å². The molecule has 2 aliphatic rings. The van der Waals surface area contributed by atoms with Crippen LogP contribution in [0, 0.1) is 11.7 Å². The molecule has 0 saturated carbocycles. The van der Waals surface area contributed by atoms with Gasteiger partial charge in [0.05, 0.1) is 18.8 Å². The lowest BCUT2D eigenvalue weighted by molar-refractivity contribution is -0.264. The molecule has 0 radical (unpaired) electrons. The summed E-state index contributed by atoms with van der Waals surface area (Å²) in [6.07, 6.45) is -5.21. The number of nitrogens with zero attached hydrogens (tertiary/aromatic N) is 4. The molecule has 1 aromatic heterocycles. The minimum atomic E-state index is -4.62. The van der Waals surface area contributed by atoms with E-state index in [0.717, 1.165) is 4.90 Å². The van der Waals surface area contributed by atoms with Crippen LogP contribution >= 0.6 is 0 Å². The van der Waals surface area contributed by atoms with E-state index in [1.807, 2.05) is 0 Å². The van der Waals surface area contributed by atoms with Crippen molar-refractivity contribution in [3.05, 3.63) is 52.6 Å². The topological polar surface area (TPSA) is 81.5 Å². The summed E-state index contributed by atoms with van der Waals surface area (Å²) in [5.74, 6) is -0.825. The monoisotopic (exact) mass is 453 g/mol. The second-order valence-corrected chi connectivity index (χ2v) is 8.19. The Balaban J connectivity index is 1.53. The lowest BCUT2D eigenvalue weighted by Crippen LogP contribution is -2.40. The molecule has 1 fully saturated rings. The van der Waals surface area contributed by atoms with Gasteiger partial charge in [0.1, 0.15) is 11.9 Å². The van der Waals surface area contributed by atoms with Crippen molar-refractivity contribution < 1.29 is 32.3 Å². The zero-order valence-electron chi connectivity index (χ0n) is 17.1. The number of rotatable bonds is 4. The van der Waals surface area contributed by atoms with E-state index in [1.165, 1.54) is 33.8 Å². The predicted octanol–water partition coefficient (Wildman–Crippen LogP) is 2.03. The number of carbonyl (C=O) groups excluding carboxylic acids is 2. The maximum atomic E-state index is 13.5. The summed E-state index contributed by atoms with van der Waals surface area (Å²) in [5, 5.41) is 14.7. The summed E-state index contributed by atoms with van der Waals surface area (Å²) >= 11 is 0. The van der Waals surface area contributed by atoms with Crippen molar-refractivity contribution in [2.75, 3.05) is 19.6 Å². The van der Waals surface area contributed by atoms with Crippen LogP contribution in [0.2, 0.25) is 0 Å². The number of hydrogen-bond donors (Lipinski definition) is 0. The predicted molar refractivity (Wildman–Crippen MR) is 102 cm³/mol. The highest BCUT2D eigenvalue weighted by Gasteiger charge is 2.41. The Hall–Kier alpha value is -3.11. The second-order valence-electron chi connectivity index (χ2n) is 8.19. The van der Waals surface area contributed by atoms with Crippen molar-refractivity contribution in [2.24, 2.45) is 5.92 Å². The van der Waals surface area contributed by atoms with Gasteiger partial charge in [0, 0.05) is 31.6 Å². The SMILES string of the molecule is O=C([O-])N1CCC(CC(=O)N2CCc3c(C(F)(F)F)nn(Cc4ccc(F)cc4)c3C2)C1. The van der Waals surface area contributed by atoms with Crippen LogP contribution in [0.1, 0.15) is 35.4 Å². The van der Waals surface area contributed by atoms with Crippen LogP contribution in [0.4, 0.5) is 22.4 Å². The Morgan fingerprint density at radius 1 is 1.12 bits per heavy atom. The van der Waals surface area contributed by atoms with Crippen molar-refractivity contribution in [3.8, 4) is 0 Å². The highest BCUT2D eigenvalue weighted by Crippen LogP contribution is 2.35. The molecule has 1 atom stereocenters. The molecule has 172 valence electrons. The molecule has 0 N–H and O–H groups in total. The fourth-order valence-corrected chi connectivity index (χ4v) is 4.36. The van der Waals surface area contributed by atoms with Crippen molar-refractivity contribution >= 4 is 12.0 Å². The van der Waals surface area contributed by atoms with E-state index in [0.29, 0.717) is 24.2 Å². The molecule has 11 heteroatoms. The maximum absolute atomic E-state index is 13.5. The molecule has 0 spiro atoms. The Labute approximate surface area is 181 Å². The average molecular weight is 453 g/mol. The fourth-order valence-electron chi connectivity index (χ4n) is 4.36. The smallest absolute Gasteiger partial charge is 0.435 e. The van der Waals surface area contributed by atoms with Crippen molar-refractivity contribution in [1.82, 2.24) is 19.6 Å². The highest BCUT2D eigenvalue weighted by molar-refractivity contribution is 5.77. The molecule has 32 heavy (non-hydrogen) atoms. The number of hydrogen-bond acceptors (Lipinski definition) is 4. The Morgan fingerprint density at radius 2 is 1.84 bits per heavy atom. The minimum Gasteiger partial charge on any atom is -0.530 e. The first-order valence-corrected chi connectivity index (χ1v) is 10.3. The van der Waals surface area contributed by atoms with Crippen LogP contribution in [0.3, 0.4) is 0 Å². The Kier molecular flexibility index (Phi) is 5.83. The quantitative estimate of drug-likeness (QED) is 0.664.